The Hall–Kier alpha value is -1.68. The van der Waals surface area contributed by atoms with E-state index in [0.29, 0.717) is 17.7 Å². The first-order valence-corrected chi connectivity index (χ1v) is 4.27. The zero-order chi connectivity index (χ0) is 10.6. The number of nitrogens with two attached hydrogens (primary N) is 1. The van der Waals surface area contributed by atoms with Crippen molar-refractivity contribution in [3.8, 4) is 0 Å². The molecule has 1 aromatic carbocycles. The minimum absolute atomic E-state index is 0.150. The van der Waals surface area contributed by atoms with Crippen LogP contribution in [0.5, 0.6) is 0 Å². The van der Waals surface area contributed by atoms with Crippen molar-refractivity contribution in [1.82, 2.24) is 0 Å². The Morgan fingerprint density at radius 3 is 2.86 bits per heavy atom. The minimum Gasteiger partial charge on any atom is -0.327 e. The number of hydrogen-bond donors (Lipinski definition) is 1. The number of aryl methyl sites for hydroxylation is 1. The van der Waals surface area contributed by atoms with Crippen molar-refractivity contribution < 1.29 is 4.92 Å². The van der Waals surface area contributed by atoms with Crippen molar-refractivity contribution in [2.24, 2.45) is 5.73 Å². The molecule has 1 rings (SSSR count). The number of nitro groups is 1. The quantitative estimate of drug-likeness (QED) is 0.587. The van der Waals surface area contributed by atoms with Gasteiger partial charge in [0.25, 0.3) is 5.69 Å². The van der Waals surface area contributed by atoms with E-state index in [-0.39, 0.29) is 10.6 Å². The fourth-order valence-corrected chi connectivity index (χ4v) is 1.26. The number of rotatable bonds is 3. The maximum absolute atomic E-state index is 10.7. The van der Waals surface area contributed by atoms with Crippen molar-refractivity contribution in [3.05, 3.63) is 45.5 Å². The molecule has 14 heavy (non-hydrogen) atoms. The summed E-state index contributed by atoms with van der Waals surface area (Å²) >= 11 is 0. The molecule has 1 aromatic rings. The molecule has 0 saturated heterocycles. The van der Waals surface area contributed by atoms with E-state index in [1.165, 1.54) is 0 Å². The molecule has 0 aliphatic carbocycles. The van der Waals surface area contributed by atoms with Crippen LogP contribution in [-0.4, -0.2) is 11.5 Å². The Morgan fingerprint density at radius 2 is 2.29 bits per heavy atom. The summed E-state index contributed by atoms with van der Waals surface area (Å²) in [6, 6.07) is 5.22. The number of nitro benzene ring substituents is 1. The Kier molecular flexibility index (Phi) is 3.36. The summed E-state index contributed by atoms with van der Waals surface area (Å²) in [4.78, 5) is 10.4. The molecule has 0 spiro atoms. The van der Waals surface area contributed by atoms with Crippen molar-refractivity contribution in [2.45, 2.75) is 6.92 Å². The first kappa shape index (κ1) is 10.4. The highest BCUT2D eigenvalue weighted by Gasteiger charge is 2.13. The third kappa shape index (κ3) is 2.17. The van der Waals surface area contributed by atoms with Gasteiger partial charge < -0.3 is 5.73 Å². The lowest BCUT2D eigenvalue weighted by atomic mass is 10.1. The molecule has 0 amide bonds. The van der Waals surface area contributed by atoms with Gasteiger partial charge in [0, 0.05) is 12.1 Å². The molecular weight excluding hydrogens is 180 g/mol. The van der Waals surface area contributed by atoms with Gasteiger partial charge in [-0.05, 0) is 13.0 Å². The number of nitrogens with zero attached hydrogens (tertiary/aromatic N) is 1. The minimum atomic E-state index is -0.370. The molecule has 0 aromatic heterocycles. The van der Waals surface area contributed by atoms with E-state index in [1.807, 2.05) is 0 Å². The van der Waals surface area contributed by atoms with E-state index >= 15 is 0 Å². The lowest BCUT2D eigenvalue weighted by Crippen LogP contribution is -1.96. The van der Waals surface area contributed by atoms with Crippen molar-refractivity contribution in [1.29, 1.82) is 0 Å². The van der Waals surface area contributed by atoms with Crippen LogP contribution >= 0.6 is 0 Å². The highest BCUT2D eigenvalue weighted by atomic mass is 16.6. The van der Waals surface area contributed by atoms with Crippen LogP contribution in [0.3, 0.4) is 0 Å². The lowest BCUT2D eigenvalue weighted by molar-refractivity contribution is -0.385. The Morgan fingerprint density at radius 1 is 1.57 bits per heavy atom. The molecule has 0 radical (unpaired) electrons. The van der Waals surface area contributed by atoms with Crippen molar-refractivity contribution >= 4 is 11.8 Å². The van der Waals surface area contributed by atoms with Crippen LogP contribution in [0.4, 0.5) is 5.69 Å². The fraction of sp³-hybridized carbons (Fsp3) is 0.200. The molecule has 2 N–H and O–H groups in total. The molecule has 0 saturated carbocycles. The highest BCUT2D eigenvalue weighted by molar-refractivity contribution is 5.63. The Bertz CT molecular complexity index is 372. The molecule has 0 unspecified atom stereocenters. The van der Waals surface area contributed by atoms with E-state index in [4.69, 9.17) is 5.73 Å². The zero-order valence-electron chi connectivity index (χ0n) is 7.93. The van der Waals surface area contributed by atoms with E-state index in [0.717, 1.165) is 0 Å². The molecular formula is C10H12N2O2. The third-order valence-electron chi connectivity index (χ3n) is 1.89. The first-order valence-electron chi connectivity index (χ1n) is 4.27. The van der Waals surface area contributed by atoms with Crippen LogP contribution in [-0.2, 0) is 0 Å². The van der Waals surface area contributed by atoms with Crippen molar-refractivity contribution in [3.63, 3.8) is 0 Å². The molecule has 0 atom stereocenters. The summed E-state index contributed by atoms with van der Waals surface area (Å²) in [5.74, 6) is 0. The van der Waals surface area contributed by atoms with Gasteiger partial charge in [0.1, 0.15) is 0 Å². The standard InChI is InChI=1S/C10H12N2O2/c1-8-4-2-5-9(6-3-7-11)10(8)12(13)14/h2-6H,7,11H2,1H3. The molecule has 0 aliphatic heterocycles. The van der Waals surface area contributed by atoms with Gasteiger partial charge in [0.05, 0.1) is 10.5 Å². The summed E-state index contributed by atoms with van der Waals surface area (Å²) < 4.78 is 0. The summed E-state index contributed by atoms with van der Waals surface area (Å²) in [6.07, 6.45) is 3.37. The van der Waals surface area contributed by atoms with Crippen LogP contribution in [0.1, 0.15) is 11.1 Å². The van der Waals surface area contributed by atoms with Gasteiger partial charge in [-0.2, -0.15) is 0 Å². The molecule has 0 heterocycles. The smallest absolute Gasteiger partial charge is 0.279 e. The molecule has 0 aliphatic rings. The number of para-hydroxylation sites is 1. The van der Waals surface area contributed by atoms with Gasteiger partial charge in [-0.1, -0.05) is 24.3 Å². The zero-order valence-corrected chi connectivity index (χ0v) is 7.93. The van der Waals surface area contributed by atoms with Gasteiger partial charge in [-0.3, -0.25) is 10.1 Å². The molecule has 74 valence electrons. The summed E-state index contributed by atoms with van der Waals surface area (Å²) in [5, 5.41) is 10.7. The van der Waals surface area contributed by atoms with Gasteiger partial charge in [-0.25, -0.2) is 0 Å². The molecule has 0 bridgehead atoms. The van der Waals surface area contributed by atoms with Gasteiger partial charge in [-0.15, -0.1) is 0 Å². The predicted octanol–water partition coefficient (Wildman–Crippen LogP) is 1.88. The van der Waals surface area contributed by atoms with Crippen molar-refractivity contribution in [2.75, 3.05) is 6.54 Å². The van der Waals surface area contributed by atoms with E-state index < -0.39 is 0 Å². The summed E-state index contributed by atoms with van der Waals surface area (Å²) in [7, 11) is 0. The maximum Gasteiger partial charge on any atom is 0.279 e. The summed E-state index contributed by atoms with van der Waals surface area (Å²) in [6.45, 7) is 2.10. The van der Waals surface area contributed by atoms with Crippen LogP contribution in [0.25, 0.3) is 6.08 Å². The number of hydrogen-bond acceptors (Lipinski definition) is 3. The predicted molar refractivity (Wildman–Crippen MR) is 55.9 cm³/mol. The molecule has 4 heteroatoms. The van der Waals surface area contributed by atoms with Crippen LogP contribution in [0.15, 0.2) is 24.3 Å². The van der Waals surface area contributed by atoms with E-state index in [1.54, 1.807) is 37.3 Å². The van der Waals surface area contributed by atoms with Crippen LogP contribution in [0, 0.1) is 17.0 Å². The van der Waals surface area contributed by atoms with Gasteiger partial charge in [0.2, 0.25) is 0 Å². The lowest BCUT2D eigenvalue weighted by Gasteiger charge is -2.00. The largest absolute Gasteiger partial charge is 0.327 e. The van der Waals surface area contributed by atoms with Gasteiger partial charge >= 0.3 is 0 Å². The van der Waals surface area contributed by atoms with E-state index in [9.17, 15) is 10.1 Å². The average Bonchev–Trinajstić information content (AvgIpc) is 2.14. The second-order valence-corrected chi connectivity index (χ2v) is 2.91. The third-order valence-corrected chi connectivity index (χ3v) is 1.89. The monoisotopic (exact) mass is 192 g/mol. The molecule has 4 nitrogen and oxygen atoms in total. The fourth-order valence-electron chi connectivity index (χ4n) is 1.26. The van der Waals surface area contributed by atoms with Crippen LogP contribution < -0.4 is 5.73 Å². The normalized spacial score (nSPS) is 10.7. The maximum atomic E-state index is 10.7. The number of benzene rings is 1. The molecule has 0 fully saturated rings. The second kappa shape index (κ2) is 4.53. The topological polar surface area (TPSA) is 69.2 Å². The second-order valence-electron chi connectivity index (χ2n) is 2.91. The average molecular weight is 192 g/mol. The SMILES string of the molecule is Cc1cccc(C=CCN)c1[N+](=O)[O-]. The Labute approximate surface area is 82.2 Å². The Balaban J connectivity index is 3.21. The van der Waals surface area contributed by atoms with Gasteiger partial charge in [0.15, 0.2) is 0 Å². The highest BCUT2D eigenvalue weighted by Crippen LogP contribution is 2.23. The first-order chi connectivity index (χ1) is 6.66. The summed E-state index contributed by atoms with van der Waals surface area (Å²) in [5.41, 5.74) is 6.69. The van der Waals surface area contributed by atoms with Crippen LogP contribution in [0.2, 0.25) is 0 Å². The van der Waals surface area contributed by atoms with E-state index in [2.05, 4.69) is 0 Å².